The second-order valence-corrected chi connectivity index (χ2v) is 6.12. The van der Waals surface area contributed by atoms with E-state index in [1.165, 1.54) is 12.4 Å². The SMILES string of the molecule is CCCCCC(C)NS(=O)(=O)c1cnc(NN)nc1. The highest BCUT2D eigenvalue weighted by Crippen LogP contribution is 2.10. The van der Waals surface area contributed by atoms with Gasteiger partial charge in [0.1, 0.15) is 4.90 Å². The zero-order valence-electron chi connectivity index (χ0n) is 11.3. The fraction of sp³-hybridized carbons (Fsp3) is 0.636. The summed E-state index contributed by atoms with van der Waals surface area (Å²) in [5.74, 6) is 5.29. The van der Waals surface area contributed by atoms with E-state index in [0.29, 0.717) is 0 Å². The van der Waals surface area contributed by atoms with Crippen molar-refractivity contribution in [2.24, 2.45) is 5.84 Å². The molecule has 0 aromatic carbocycles. The summed E-state index contributed by atoms with van der Waals surface area (Å²) in [7, 11) is -3.57. The van der Waals surface area contributed by atoms with Gasteiger partial charge in [-0.1, -0.05) is 26.2 Å². The standard InChI is InChI=1S/C11H21N5O2S/c1-3-4-5-6-9(2)16-19(17,18)10-7-13-11(15-12)14-8-10/h7-9,16H,3-6,12H2,1-2H3,(H,13,14,15). The van der Waals surface area contributed by atoms with Crippen molar-refractivity contribution < 1.29 is 8.42 Å². The van der Waals surface area contributed by atoms with Crippen LogP contribution in [-0.4, -0.2) is 24.4 Å². The lowest BCUT2D eigenvalue weighted by atomic mass is 10.1. The van der Waals surface area contributed by atoms with Gasteiger partial charge in [0.05, 0.1) is 12.4 Å². The van der Waals surface area contributed by atoms with E-state index in [1.54, 1.807) is 0 Å². The van der Waals surface area contributed by atoms with E-state index in [9.17, 15) is 8.42 Å². The molecule has 19 heavy (non-hydrogen) atoms. The van der Waals surface area contributed by atoms with E-state index < -0.39 is 10.0 Å². The molecule has 0 saturated carbocycles. The van der Waals surface area contributed by atoms with Crippen LogP contribution in [0, 0.1) is 0 Å². The first-order valence-corrected chi connectivity index (χ1v) is 7.79. The maximum atomic E-state index is 12.0. The average molecular weight is 287 g/mol. The van der Waals surface area contributed by atoms with Crippen LogP contribution >= 0.6 is 0 Å². The Hall–Kier alpha value is -1.25. The number of hydrogen-bond acceptors (Lipinski definition) is 6. The number of nitrogen functional groups attached to an aromatic ring is 1. The van der Waals surface area contributed by atoms with Gasteiger partial charge in [-0.2, -0.15) is 0 Å². The van der Waals surface area contributed by atoms with E-state index in [1.807, 2.05) is 6.92 Å². The van der Waals surface area contributed by atoms with Crippen LogP contribution in [0.2, 0.25) is 0 Å². The third-order valence-corrected chi connectivity index (χ3v) is 4.21. The second kappa shape index (κ2) is 7.37. The van der Waals surface area contributed by atoms with Gasteiger partial charge in [0, 0.05) is 6.04 Å². The molecular formula is C11H21N5O2S. The smallest absolute Gasteiger partial charge is 0.243 e. The fourth-order valence-electron chi connectivity index (χ4n) is 1.62. The summed E-state index contributed by atoms with van der Waals surface area (Å²) in [6, 6.07) is -0.108. The molecule has 0 amide bonds. The van der Waals surface area contributed by atoms with Crippen molar-refractivity contribution in [3.05, 3.63) is 12.4 Å². The van der Waals surface area contributed by atoms with E-state index in [0.717, 1.165) is 25.7 Å². The van der Waals surface area contributed by atoms with E-state index in [4.69, 9.17) is 5.84 Å². The highest BCUT2D eigenvalue weighted by molar-refractivity contribution is 7.89. The number of nitrogens with one attached hydrogen (secondary N) is 2. The lowest BCUT2D eigenvalue weighted by molar-refractivity contribution is 0.527. The number of nitrogens with two attached hydrogens (primary N) is 1. The second-order valence-electron chi connectivity index (χ2n) is 4.40. The van der Waals surface area contributed by atoms with Crippen LogP contribution in [0.15, 0.2) is 17.3 Å². The summed E-state index contributed by atoms with van der Waals surface area (Å²) in [5, 5.41) is 0. The van der Waals surface area contributed by atoms with Crippen molar-refractivity contribution in [1.82, 2.24) is 14.7 Å². The largest absolute Gasteiger partial charge is 0.292 e. The van der Waals surface area contributed by atoms with Crippen molar-refractivity contribution in [1.29, 1.82) is 0 Å². The summed E-state index contributed by atoms with van der Waals surface area (Å²) in [6.07, 6.45) is 6.49. The molecule has 1 heterocycles. The predicted molar refractivity (Wildman–Crippen MR) is 73.8 cm³/mol. The number of aromatic nitrogens is 2. The molecule has 4 N–H and O–H groups in total. The Kier molecular flexibility index (Phi) is 6.13. The summed E-state index contributed by atoms with van der Waals surface area (Å²) in [5.41, 5.74) is 2.24. The van der Waals surface area contributed by atoms with Crippen LogP contribution in [0.5, 0.6) is 0 Å². The molecule has 0 spiro atoms. The topological polar surface area (TPSA) is 110 Å². The van der Waals surface area contributed by atoms with Gasteiger partial charge in [-0.05, 0) is 13.3 Å². The molecule has 1 rings (SSSR count). The molecule has 1 unspecified atom stereocenters. The number of sulfonamides is 1. The van der Waals surface area contributed by atoms with Crippen molar-refractivity contribution >= 4 is 16.0 Å². The van der Waals surface area contributed by atoms with Gasteiger partial charge in [0.15, 0.2) is 0 Å². The van der Waals surface area contributed by atoms with Crippen LogP contribution in [-0.2, 0) is 10.0 Å². The van der Waals surface area contributed by atoms with Crippen molar-refractivity contribution in [3.63, 3.8) is 0 Å². The Labute approximate surface area is 114 Å². The first-order chi connectivity index (χ1) is 8.99. The van der Waals surface area contributed by atoms with E-state index >= 15 is 0 Å². The third kappa shape index (κ3) is 5.09. The van der Waals surface area contributed by atoms with Crippen LogP contribution < -0.4 is 16.0 Å². The summed E-state index contributed by atoms with van der Waals surface area (Å²) >= 11 is 0. The highest BCUT2D eigenvalue weighted by Gasteiger charge is 2.18. The molecular weight excluding hydrogens is 266 g/mol. The Bertz CT molecular complexity index is 474. The minimum atomic E-state index is -3.57. The number of hydrogen-bond donors (Lipinski definition) is 3. The molecule has 0 saturated heterocycles. The quantitative estimate of drug-likeness (QED) is 0.374. The van der Waals surface area contributed by atoms with Crippen molar-refractivity contribution in [3.8, 4) is 0 Å². The van der Waals surface area contributed by atoms with Crippen molar-refractivity contribution in [2.75, 3.05) is 5.43 Å². The zero-order valence-corrected chi connectivity index (χ0v) is 12.1. The Morgan fingerprint density at radius 3 is 2.47 bits per heavy atom. The van der Waals surface area contributed by atoms with Gasteiger partial charge >= 0.3 is 0 Å². The van der Waals surface area contributed by atoms with Gasteiger partial charge in [-0.25, -0.2) is 29.0 Å². The predicted octanol–water partition coefficient (Wildman–Crippen LogP) is 1.01. The van der Waals surface area contributed by atoms with Gasteiger partial charge < -0.3 is 0 Å². The van der Waals surface area contributed by atoms with Crippen LogP contribution in [0.1, 0.15) is 39.5 Å². The monoisotopic (exact) mass is 287 g/mol. The lowest BCUT2D eigenvalue weighted by Crippen LogP contribution is -2.32. The summed E-state index contributed by atoms with van der Waals surface area (Å²) in [6.45, 7) is 3.96. The highest BCUT2D eigenvalue weighted by atomic mass is 32.2. The third-order valence-electron chi connectivity index (χ3n) is 2.66. The van der Waals surface area contributed by atoms with Gasteiger partial charge in [-0.3, -0.25) is 5.43 Å². The van der Waals surface area contributed by atoms with Gasteiger partial charge in [-0.15, -0.1) is 0 Å². The number of rotatable bonds is 8. The van der Waals surface area contributed by atoms with E-state index in [2.05, 4.69) is 27.0 Å². The number of anilines is 1. The zero-order chi connectivity index (χ0) is 14.3. The maximum absolute atomic E-state index is 12.0. The molecule has 0 aliphatic carbocycles. The number of unbranched alkanes of at least 4 members (excludes halogenated alkanes) is 2. The van der Waals surface area contributed by atoms with Crippen molar-refractivity contribution in [2.45, 2.75) is 50.5 Å². The maximum Gasteiger partial charge on any atom is 0.243 e. The lowest BCUT2D eigenvalue weighted by Gasteiger charge is -2.13. The van der Waals surface area contributed by atoms with Crippen LogP contribution in [0.3, 0.4) is 0 Å². The molecule has 7 nitrogen and oxygen atoms in total. The molecule has 1 aromatic rings. The molecule has 0 fully saturated rings. The average Bonchev–Trinajstić information content (AvgIpc) is 2.38. The molecule has 108 valence electrons. The van der Waals surface area contributed by atoms with E-state index in [-0.39, 0.29) is 16.9 Å². The van der Waals surface area contributed by atoms with Gasteiger partial charge in [0.2, 0.25) is 16.0 Å². The molecule has 0 bridgehead atoms. The minimum Gasteiger partial charge on any atom is -0.292 e. The van der Waals surface area contributed by atoms with Crippen LogP contribution in [0.25, 0.3) is 0 Å². The van der Waals surface area contributed by atoms with Crippen LogP contribution in [0.4, 0.5) is 5.95 Å². The fourth-order valence-corrected chi connectivity index (χ4v) is 2.79. The Morgan fingerprint density at radius 2 is 1.95 bits per heavy atom. The normalized spacial score (nSPS) is 13.2. The molecule has 0 aliphatic rings. The molecule has 0 aliphatic heterocycles. The summed E-state index contributed by atoms with van der Waals surface area (Å²) in [4.78, 5) is 7.60. The number of hydrazine groups is 1. The molecule has 8 heteroatoms. The van der Waals surface area contributed by atoms with Gasteiger partial charge in [0.25, 0.3) is 0 Å². The Morgan fingerprint density at radius 1 is 1.32 bits per heavy atom. The summed E-state index contributed by atoms with van der Waals surface area (Å²) < 4.78 is 26.7. The molecule has 1 aromatic heterocycles. The first-order valence-electron chi connectivity index (χ1n) is 6.30. The minimum absolute atomic E-state index is 0.0360. The first kappa shape index (κ1) is 15.8. The molecule has 0 radical (unpaired) electrons. The Balaban J connectivity index is 2.63. The number of nitrogens with zero attached hydrogens (tertiary/aromatic N) is 2. The molecule has 1 atom stereocenters.